The summed E-state index contributed by atoms with van der Waals surface area (Å²) in [5.41, 5.74) is 2.70. The van der Waals surface area contributed by atoms with Crippen molar-refractivity contribution in [1.82, 2.24) is 0 Å². The second-order valence-corrected chi connectivity index (χ2v) is 5.58. The molecule has 0 atom stereocenters. The van der Waals surface area contributed by atoms with Crippen LogP contribution in [0.25, 0.3) is 0 Å². The average Bonchev–Trinajstić information content (AvgIpc) is 2.47. The molecular formula is C18H19NO5. The molecule has 2 aromatic carbocycles. The summed E-state index contributed by atoms with van der Waals surface area (Å²) in [7, 11) is 0. The van der Waals surface area contributed by atoms with E-state index < -0.39 is 11.9 Å². The third-order valence-corrected chi connectivity index (χ3v) is 3.26. The van der Waals surface area contributed by atoms with Gasteiger partial charge in [-0.3, -0.25) is 9.59 Å². The number of anilines is 1. The number of carbonyl (C=O) groups excluding carboxylic acids is 1. The summed E-state index contributed by atoms with van der Waals surface area (Å²) in [5.74, 6) is -0.983. The zero-order valence-corrected chi connectivity index (χ0v) is 13.5. The van der Waals surface area contributed by atoms with Crippen LogP contribution in [0, 0.1) is 13.8 Å². The van der Waals surface area contributed by atoms with Gasteiger partial charge in [0.25, 0.3) is 5.91 Å². The Morgan fingerprint density at radius 3 is 2.38 bits per heavy atom. The van der Waals surface area contributed by atoms with Gasteiger partial charge in [-0.05, 0) is 54.8 Å². The topological polar surface area (TPSA) is 95.9 Å². The monoisotopic (exact) mass is 329 g/mol. The SMILES string of the molecule is Cc1cc(C)cc(OCC(=O)Nc2cc(CC(=O)O)ccc2O)c1. The van der Waals surface area contributed by atoms with Gasteiger partial charge in [-0.1, -0.05) is 12.1 Å². The first-order valence-electron chi connectivity index (χ1n) is 7.38. The van der Waals surface area contributed by atoms with Crippen LogP contribution < -0.4 is 10.1 Å². The van der Waals surface area contributed by atoms with Gasteiger partial charge in [0.15, 0.2) is 6.61 Å². The number of amides is 1. The molecule has 0 aliphatic carbocycles. The standard InChI is InChI=1S/C18H19NO5/c1-11-5-12(2)7-14(6-11)24-10-17(21)19-15-8-13(9-18(22)23)3-4-16(15)20/h3-8,20H,9-10H2,1-2H3,(H,19,21)(H,22,23). The number of carboxylic acid groups (broad SMARTS) is 1. The van der Waals surface area contributed by atoms with Crippen molar-refractivity contribution < 1.29 is 24.5 Å². The Morgan fingerprint density at radius 1 is 1.08 bits per heavy atom. The molecule has 6 nitrogen and oxygen atoms in total. The number of aromatic hydroxyl groups is 1. The highest BCUT2D eigenvalue weighted by atomic mass is 16.5. The number of benzene rings is 2. The summed E-state index contributed by atoms with van der Waals surface area (Å²) in [4.78, 5) is 22.7. The molecule has 126 valence electrons. The molecular weight excluding hydrogens is 310 g/mol. The van der Waals surface area contributed by atoms with Crippen molar-refractivity contribution in [3.63, 3.8) is 0 Å². The molecule has 1 amide bonds. The van der Waals surface area contributed by atoms with Gasteiger partial charge in [-0.25, -0.2) is 0 Å². The number of hydrogen-bond acceptors (Lipinski definition) is 4. The number of phenolic OH excluding ortho intramolecular Hbond substituents is 1. The van der Waals surface area contributed by atoms with Crippen molar-refractivity contribution >= 4 is 17.6 Å². The van der Waals surface area contributed by atoms with Crippen molar-refractivity contribution in [1.29, 1.82) is 0 Å². The average molecular weight is 329 g/mol. The number of aryl methyl sites for hydroxylation is 2. The summed E-state index contributed by atoms with van der Waals surface area (Å²) in [6.45, 7) is 3.66. The van der Waals surface area contributed by atoms with E-state index in [9.17, 15) is 14.7 Å². The molecule has 0 radical (unpaired) electrons. The molecule has 2 rings (SSSR count). The Bertz CT molecular complexity index is 750. The van der Waals surface area contributed by atoms with E-state index >= 15 is 0 Å². The molecule has 0 aliphatic heterocycles. The molecule has 3 N–H and O–H groups in total. The third-order valence-electron chi connectivity index (χ3n) is 3.26. The minimum Gasteiger partial charge on any atom is -0.506 e. The third kappa shape index (κ3) is 5.01. The number of carbonyl (C=O) groups is 2. The van der Waals surface area contributed by atoms with Gasteiger partial charge in [-0.15, -0.1) is 0 Å². The lowest BCUT2D eigenvalue weighted by atomic mass is 10.1. The Kier molecular flexibility index (Phi) is 5.42. The predicted octanol–water partition coefficient (Wildman–Crippen LogP) is 2.65. The van der Waals surface area contributed by atoms with Gasteiger partial charge in [0.1, 0.15) is 11.5 Å². The number of ether oxygens (including phenoxy) is 1. The van der Waals surface area contributed by atoms with E-state index in [1.165, 1.54) is 18.2 Å². The molecule has 0 unspecified atom stereocenters. The molecule has 0 aliphatic rings. The number of carboxylic acids is 1. The summed E-state index contributed by atoms with van der Waals surface area (Å²) in [6.07, 6.45) is -0.192. The van der Waals surface area contributed by atoms with Crippen molar-refractivity contribution in [3.8, 4) is 11.5 Å². The minimum absolute atomic E-state index is 0.135. The van der Waals surface area contributed by atoms with Gasteiger partial charge in [-0.2, -0.15) is 0 Å². The number of phenols is 1. The zero-order chi connectivity index (χ0) is 17.7. The molecule has 0 heterocycles. The molecule has 0 saturated carbocycles. The van der Waals surface area contributed by atoms with Crippen LogP contribution in [-0.2, 0) is 16.0 Å². The summed E-state index contributed by atoms with van der Waals surface area (Å²) < 4.78 is 5.45. The fourth-order valence-electron chi connectivity index (χ4n) is 2.32. The van der Waals surface area contributed by atoms with Crippen LogP contribution in [0.4, 0.5) is 5.69 Å². The number of nitrogens with one attached hydrogen (secondary N) is 1. The van der Waals surface area contributed by atoms with E-state index in [0.717, 1.165) is 11.1 Å². The smallest absolute Gasteiger partial charge is 0.307 e. The number of aliphatic carboxylic acids is 1. The Labute approximate surface area is 139 Å². The predicted molar refractivity (Wildman–Crippen MR) is 89.5 cm³/mol. The van der Waals surface area contributed by atoms with E-state index in [-0.39, 0.29) is 24.5 Å². The highest BCUT2D eigenvalue weighted by molar-refractivity contribution is 5.93. The molecule has 0 aromatic heterocycles. The normalized spacial score (nSPS) is 10.2. The fraction of sp³-hybridized carbons (Fsp3) is 0.222. The van der Waals surface area contributed by atoms with Gasteiger partial charge in [0.05, 0.1) is 12.1 Å². The van der Waals surface area contributed by atoms with Crippen LogP contribution in [0.3, 0.4) is 0 Å². The van der Waals surface area contributed by atoms with Crippen LogP contribution in [0.5, 0.6) is 11.5 Å². The summed E-state index contributed by atoms with van der Waals surface area (Å²) in [6, 6.07) is 9.91. The second-order valence-electron chi connectivity index (χ2n) is 5.58. The molecule has 0 fully saturated rings. The molecule has 0 spiro atoms. The van der Waals surface area contributed by atoms with E-state index in [4.69, 9.17) is 9.84 Å². The highest BCUT2D eigenvalue weighted by Gasteiger charge is 2.10. The quantitative estimate of drug-likeness (QED) is 0.708. The first-order valence-corrected chi connectivity index (χ1v) is 7.38. The first kappa shape index (κ1) is 17.3. The van der Waals surface area contributed by atoms with Crippen molar-refractivity contribution in [2.75, 3.05) is 11.9 Å². The van der Waals surface area contributed by atoms with Crippen molar-refractivity contribution in [2.45, 2.75) is 20.3 Å². The number of hydrogen-bond donors (Lipinski definition) is 3. The molecule has 24 heavy (non-hydrogen) atoms. The van der Waals surface area contributed by atoms with Gasteiger partial charge in [0.2, 0.25) is 0 Å². The van der Waals surface area contributed by atoms with Gasteiger partial charge in [0, 0.05) is 0 Å². The zero-order valence-electron chi connectivity index (χ0n) is 13.5. The van der Waals surface area contributed by atoms with Gasteiger partial charge < -0.3 is 20.3 Å². The highest BCUT2D eigenvalue weighted by Crippen LogP contribution is 2.24. The van der Waals surface area contributed by atoms with Gasteiger partial charge >= 0.3 is 5.97 Å². The van der Waals surface area contributed by atoms with E-state index in [0.29, 0.717) is 11.3 Å². The van der Waals surface area contributed by atoms with Crippen molar-refractivity contribution in [2.24, 2.45) is 0 Å². The first-order chi connectivity index (χ1) is 11.3. The van der Waals surface area contributed by atoms with Crippen LogP contribution in [0.2, 0.25) is 0 Å². The molecule has 0 bridgehead atoms. The lowest BCUT2D eigenvalue weighted by molar-refractivity contribution is -0.136. The minimum atomic E-state index is -0.990. The Hall–Kier alpha value is -3.02. The van der Waals surface area contributed by atoms with Crippen LogP contribution in [0.1, 0.15) is 16.7 Å². The molecule has 0 saturated heterocycles. The Morgan fingerprint density at radius 2 is 1.75 bits per heavy atom. The summed E-state index contributed by atoms with van der Waals surface area (Å²) in [5, 5.41) is 21.1. The maximum atomic E-state index is 12.0. The molecule has 6 heteroatoms. The second kappa shape index (κ2) is 7.50. The maximum absolute atomic E-state index is 12.0. The van der Waals surface area contributed by atoms with Crippen LogP contribution >= 0.6 is 0 Å². The van der Waals surface area contributed by atoms with E-state index in [1.54, 1.807) is 0 Å². The van der Waals surface area contributed by atoms with E-state index in [1.807, 2.05) is 32.0 Å². The lowest BCUT2D eigenvalue weighted by Crippen LogP contribution is -2.20. The Balaban J connectivity index is 2.00. The largest absolute Gasteiger partial charge is 0.506 e. The molecule has 2 aromatic rings. The van der Waals surface area contributed by atoms with E-state index in [2.05, 4.69) is 5.32 Å². The lowest BCUT2D eigenvalue weighted by Gasteiger charge is -2.11. The number of rotatable bonds is 6. The maximum Gasteiger partial charge on any atom is 0.307 e. The summed E-state index contributed by atoms with van der Waals surface area (Å²) >= 11 is 0. The fourth-order valence-corrected chi connectivity index (χ4v) is 2.32. The van der Waals surface area contributed by atoms with Crippen LogP contribution in [-0.4, -0.2) is 28.7 Å². The van der Waals surface area contributed by atoms with Crippen LogP contribution in [0.15, 0.2) is 36.4 Å². The van der Waals surface area contributed by atoms with Crippen molar-refractivity contribution in [3.05, 3.63) is 53.1 Å².